The first-order valence-corrected chi connectivity index (χ1v) is 32.2. The van der Waals surface area contributed by atoms with E-state index in [1.165, 1.54) is 125 Å². The lowest BCUT2D eigenvalue weighted by atomic mass is 9.51. The van der Waals surface area contributed by atoms with E-state index in [1.54, 1.807) is 22.4 Å². The number of nitrogens with zero attached hydrogens (tertiary/aromatic N) is 2. The second-order valence-corrected chi connectivity index (χ2v) is 27.5. The van der Waals surface area contributed by atoms with Crippen LogP contribution in [0.1, 0.15) is 161 Å². The summed E-state index contributed by atoms with van der Waals surface area (Å²) in [5, 5.41) is 0. The summed E-state index contributed by atoms with van der Waals surface area (Å²) < 4.78 is 13.5. The molecule has 14 atom stereocenters. The molecule has 416 valence electrons. The minimum absolute atomic E-state index is 0.0797. The zero-order valence-electron chi connectivity index (χ0n) is 48.5. The van der Waals surface area contributed by atoms with Crippen LogP contribution in [-0.2, 0) is 9.47 Å². The Labute approximate surface area is 477 Å². The van der Waals surface area contributed by atoms with Crippen LogP contribution in [0.15, 0.2) is 187 Å². The molecular weight excluding hydrogens is 961 g/mol. The van der Waals surface area contributed by atoms with Gasteiger partial charge in [0.2, 0.25) is 0 Å². The first-order valence-electron chi connectivity index (χ1n) is 32.2. The maximum absolute atomic E-state index is 6.79. The highest BCUT2D eigenvalue weighted by Gasteiger charge is 2.61. The quantitative estimate of drug-likeness (QED) is 0.184. The van der Waals surface area contributed by atoms with Crippen LogP contribution in [0.2, 0.25) is 0 Å². The molecule has 0 spiro atoms. The molecule has 2 fully saturated rings. The molecule has 0 radical (unpaired) electrons. The Balaban J connectivity index is 0.766. The largest absolute Gasteiger partial charge is 0.491 e. The van der Waals surface area contributed by atoms with E-state index in [-0.39, 0.29) is 23.0 Å². The summed E-state index contributed by atoms with van der Waals surface area (Å²) >= 11 is 0. The number of ether oxygens (including phenoxy) is 2. The fraction of sp³-hybridized carbons (Fsp3) is 0.547. The summed E-state index contributed by atoms with van der Waals surface area (Å²) in [6.07, 6.45) is 74.6. The van der Waals surface area contributed by atoms with Crippen molar-refractivity contribution in [2.45, 2.75) is 198 Å². The second kappa shape index (κ2) is 22.7. The minimum atomic E-state index is 0.0797. The molecule has 14 unspecified atom stereocenters. The maximum atomic E-state index is 6.79. The molecule has 0 N–H and O–H groups in total. The summed E-state index contributed by atoms with van der Waals surface area (Å²) in [7, 11) is 0. The summed E-state index contributed by atoms with van der Waals surface area (Å²) in [4.78, 5) is 5.86. The summed E-state index contributed by atoms with van der Waals surface area (Å²) in [6, 6.07) is 12.0. The molecule has 1 saturated carbocycles. The van der Waals surface area contributed by atoms with Crippen LogP contribution < -0.4 is 4.90 Å². The highest BCUT2D eigenvalue weighted by atomic mass is 16.5. The van der Waals surface area contributed by atoms with Crippen molar-refractivity contribution in [1.82, 2.24) is 4.90 Å². The molecule has 0 bridgehead atoms. The van der Waals surface area contributed by atoms with Crippen LogP contribution in [0, 0.1) is 58.2 Å². The molecule has 1 aromatic carbocycles. The Morgan fingerprint density at radius 3 is 2.32 bits per heavy atom. The van der Waals surface area contributed by atoms with Crippen LogP contribution >= 0.6 is 0 Å². The molecule has 12 aliphatic rings. The van der Waals surface area contributed by atoms with Crippen LogP contribution in [0.25, 0.3) is 5.57 Å². The number of allylic oxidation sites excluding steroid dienone is 19. The van der Waals surface area contributed by atoms with Gasteiger partial charge in [0, 0.05) is 65.5 Å². The lowest BCUT2D eigenvalue weighted by molar-refractivity contribution is -0.0275. The van der Waals surface area contributed by atoms with E-state index in [0.29, 0.717) is 77.6 Å². The molecule has 1 aromatic rings. The lowest BCUT2D eigenvalue weighted by Gasteiger charge is -2.54. The fourth-order valence-corrected chi connectivity index (χ4v) is 18.4. The molecule has 4 nitrogen and oxygen atoms in total. The van der Waals surface area contributed by atoms with Gasteiger partial charge in [-0.15, -0.1) is 6.58 Å². The van der Waals surface area contributed by atoms with Gasteiger partial charge in [0.25, 0.3) is 0 Å². The van der Waals surface area contributed by atoms with Crippen molar-refractivity contribution in [2.24, 2.45) is 58.2 Å². The van der Waals surface area contributed by atoms with E-state index in [2.05, 4.69) is 183 Å². The maximum Gasteiger partial charge on any atom is 0.120 e. The van der Waals surface area contributed by atoms with E-state index in [4.69, 9.17) is 9.47 Å². The number of rotatable bonds is 13. The number of hydrogen-bond donors (Lipinski definition) is 0. The van der Waals surface area contributed by atoms with Gasteiger partial charge in [-0.1, -0.05) is 154 Å². The van der Waals surface area contributed by atoms with Crippen LogP contribution in [0.5, 0.6) is 0 Å². The van der Waals surface area contributed by atoms with Crippen molar-refractivity contribution in [3.8, 4) is 0 Å². The highest BCUT2D eigenvalue weighted by Crippen LogP contribution is 2.68. The van der Waals surface area contributed by atoms with Gasteiger partial charge in [-0.25, -0.2) is 0 Å². The molecule has 1 saturated heterocycles. The topological polar surface area (TPSA) is 24.9 Å². The Bertz CT molecular complexity index is 2820. The summed E-state index contributed by atoms with van der Waals surface area (Å²) in [5.74, 6) is 5.76. The standard InChI is InChI=1S/C75H94N2O2/c1-6-51-21-39-62(40-22-51)78-64-43-32-57(33-44-64)75(56-30-28-55(29-31-56)74(3,4)5)70-19-13-11-17-66(70)67-47-38-61(50-71(67)75)76(58-15-9-8-10-16-58)59-34-25-53(26-35-59)54-27-48-73-69(49-54)68-18-12-14-20-72(68)77(73)60-36-45-65(46-37-60)79-63-41-23-52(7-2)24-42-63/h6-10,13,15,19-23,25-26,28,30,34-35,38-39,41,43,47,49,52,55-58,60-63,65,67-69,71,73H,1-2,11-12,14,16-18,24,27,29,31-33,36-37,40,42,44-46,48,50H2,3-5H3. The summed E-state index contributed by atoms with van der Waals surface area (Å²) in [5.41, 5.74) is 11.2. The fourth-order valence-electron chi connectivity index (χ4n) is 18.4. The van der Waals surface area contributed by atoms with Gasteiger partial charge in [-0.3, -0.25) is 0 Å². The smallest absolute Gasteiger partial charge is 0.120 e. The van der Waals surface area contributed by atoms with E-state index in [0.717, 1.165) is 32.1 Å². The Kier molecular flexibility index (Phi) is 15.3. The molecule has 1 heterocycles. The third kappa shape index (κ3) is 10.3. The van der Waals surface area contributed by atoms with Gasteiger partial charge in [0.1, 0.15) is 6.10 Å². The number of anilines is 1. The van der Waals surface area contributed by atoms with Crippen molar-refractivity contribution in [2.75, 3.05) is 4.90 Å². The minimum Gasteiger partial charge on any atom is -0.491 e. The molecule has 4 heteroatoms. The van der Waals surface area contributed by atoms with Crippen molar-refractivity contribution in [3.05, 3.63) is 193 Å². The Hall–Kier alpha value is -5.06. The predicted molar refractivity (Wildman–Crippen MR) is 330 cm³/mol. The molecular formula is C75H94N2O2. The van der Waals surface area contributed by atoms with Crippen molar-refractivity contribution in [1.29, 1.82) is 0 Å². The molecule has 1 aliphatic heterocycles. The predicted octanol–water partition coefficient (Wildman–Crippen LogP) is 18.4. The monoisotopic (exact) mass is 1050 g/mol. The average Bonchev–Trinajstić information content (AvgIpc) is 3.45. The molecule has 11 aliphatic carbocycles. The first-order chi connectivity index (χ1) is 38.7. The number of fused-ring (bicyclic) bond motifs is 5. The van der Waals surface area contributed by atoms with E-state index < -0.39 is 0 Å². The first kappa shape index (κ1) is 53.3. The number of benzene rings is 1. The van der Waals surface area contributed by atoms with Crippen molar-refractivity contribution in [3.63, 3.8) is 0 Å². The Morgan fingerprint density at radius 1 is 0.709 bits per heavy atom. The van der Waals surface area contributed by atoms with Gasteiger partial charge in [0.15, 0.2) is 0 Å². The highest BCUT2D eigenvalue weighted by molar-refractivity contribution is 5.70. The number of likely N-dealkylation sites (tertiary alicyclic amines) is 1. The zero-order valence-corrected chi connectivity index (χ0v) is 48.5. The SMILES string of the molecule is C=CC1=CCC(OC2=CCC(C3(C4C=CC(C(C)(C)C)CC4)C4=C(CCC=C4)C4C=CC(N(c5ccc(C6=CC7C8CCCC=C8N(C8CCC(OC9C=CC(C=C)CC9)CC8)C7CC6)cc5)C5C=CC=CC5)CC43)CC2)C=C1. The van der Waals surface area contributed by atoms with Crippen molar-refractivity contribution < 1.29 is 9.47 Å². The molecule has 0 amide bonds. The van der Waals surface area contributed by atoms with Gasteiger partial charge >= 0.3 is 0 Å². The number of hydrogen-bond acceptors (Lipinski definition) is 4. The lowest BCUT2D eigenvalue weighted by Crippen LogP contribution is -2.51. The van der Waals surface area contributed by atoms with E-state index in [9.17, 15) is 0 Å². The van der Waals surface area contributed by atoms with Crippen molar-refractivity contribution >= 4 is 11.3 Å². The van der Waals surface area contributed by atoms with Crippen LogP contribution in [0.4, 0.5) is 5.69 Å². The van der Waals surface area contributed by atoms with Crippen LogP contribution in [-0.4, -0.2) is 47.4 Å². The van der Waals surface area contributed by atoms with E-state index in [1.807, 2.05) is 6.08 Å². The summed E-state index contributed by atoms with van der Waals surface area (Å²) in [6.45, 7) is 15.4. The molecule has 0 aromatic heterocycles. The van der Waals surface area contributed by atoms with Gasteiger partial charge in [-0.05, 0) is 204 Å². The average molecular weight is 1060 g/mol. The third-order valence-corrected chi connectivity index (χ3v) is 22.3. The Morgan fingerprint density at radius 2 is 1.59 bits per heavy atom. The van der Waals surface area contributed by atoms with E-state index >= 15 is 0 Å². The molecule has 79 heavy (non-hydrogen) atoms. The third-order valence-electron chi connectivity index (χ3n) is 22.3. The molecule has 13 rings (SSSR count). The zero-order chi connectivity index (χ0) is 53.7. The normalized spacial score (nSPS) is 38.5. The van der Waals surface area contributed by atoms with Gasteiger partial charge in [-0.2, -0.15) is 0 Å². The van der Waals surface area contributed by atoms with Crippen LogP contribution in [0.3, 0.4) is 0 Å². The van der Waals surface area contributed by atoms with Gasteiger partial charge in [0.05, 0.1) is 24.0 Å². The van der Waals surface area contributed by atoms with Gasteiger partial charge < -0.3 is 19.3 Å². The second-order valence-electron chi connectivity index (χ2n) is 27.5.